The second kappa shape index (κ2) is 6.76. The number of ether oxygens (including phenoxy) is 1. The third-order valence-electron chi connectivity index (χ3n) is 4.63. The molecule has 2 atom stereocenters. The van der Waals surface area contributed by atoms with Gasteiger partial charge >= 0.3 is 11.9 Å². The summed E-state index contributed by atoms with van der Waals surface area (Å²) >= 11 is 1.40. The number of aliphatic carboxylic acids is 1. The zero-order valence-electron chi connectivity index (χ0n) is 13.3. The van der Waals surface area contributed by atoms with E-state index in [2.05, 4.69) is 5.32 Å². The van der Waals surface area contributed by atoms with E-state index in [9.17, 15) is 19.5 Å². The van der Waals surface area contributed by atoms with Gasteiger partial charge in [-0.1, -0.05) is 12.2 Å². The van der Waals surface area contributed by atoms with Crippen LogP contribution in [0.5, 0.6) is 0 Å². The lowest BCUT2D eigenvalue weighted by Crippen LogP contribution is -2.34. The number of methoxy groups -OCH3 is 1. The van der Waals surface area contributed by atoms with Gasteiger partial charge < -0.3 is 15.2 Å². The molecule has 2 aliphatic carbocycles. The van der Waals surface area contributed by atoms with Crippen LogP contribution in [0.4, 0.5) is 5.00 Å². The van der Waals surface area contributed by atoms with Gasteiger partial charge in [0, 0.05) is 4.88 Å². The Bertz CT molecular complexity index is 721. The van der Waals surface area contributed by atoms with Crippen LogP contribution in [0.25, 0.3) is 0 Å². The molecular formula is C17H19NO5S. The molecule has 24 heavy (non-hydrogen) atoms. The molecular weight excluding hydrogens is 330 g/mol. The number of carboxylic acid groups (broad SMARTS) is 1. The summed E-state index contributed by atoms with van der Waals surface area (Å²) in [6.45, 7) is 0. The van der Waals surface area contributed by atoms with Gasteiger partial charge in [0.05, 0.1) is 24.5 Å². The van der Waals surface area contributed by atoms with E-state index in [0.29, 0.717) is 23.4 Å². The molecule has 0 spiro atoms. The van der Waals surface area contributed by atoms with Crippen molar-refractivity contribution in [2.75, 3.05) is 12.4 Å². The Kier molecular flexibility index (Phi) is 4.71. The molecule has 1 aromatic heterocycles. The van der Waals surface area contributed by atoms with Gasteiger partial charge in [-0.25, -0.2) is 4.79 Å². The number of fused-ring (bicyclic) bond motifs is 1. The minimum atomic E-state index is -0.971. The standard InChI is InChI=1S/C17H19NO5S/c1-23-17(22)13-11-7-4-8-12(11)24-15(13)18-14(19)9-5-2-3-6-10(9)16(20)21/h2-3,9-10H,4-8H2,1H3,(H,18,19)(H,20,21)/t9-,10+/m1/s1. The molecule has 7 heteroatoms. The number of carbonyl (C=O) groups excluding carboxylic acids is 2. The maximum absolute atomic E-state index is 12.6. The highest BCUT2D eigenvalue weighted by Crippen LogP contribution is 2.40. The number of thiophene rings is 1. The third kappa shape index (κ3) is 2.96. The lowest BCUT2D eigenvalue weighted by Gasteiger charge is -2.24. The zero-order chi connectivity index (χ0) is 17.3. The van der Waals surface area contributed by atoms with Crippen molar-refractivity contribution in [1.29, 1.82) is 0 Å². The lowest BCUT2D eigenvalue weighted by atomic mass is 9.82. The zero-order valence-corrected chi connectivity index (χ0v) is 14.1. The highest BCUT2D eigenvalue weighted by atomic mass is 32.1. The predicted octanol–water partition coefficient (Wildman–Crippen LogP) is 2.63. The van der Waals surface area contributed by atoms with Crippen LogP contribution >= 0.6 is 11.3 Å². The van der Waals surface area contributed by atoms with Crippen LogP contribution in [-0.4, -0.2) is 30.1 Å². The van der Waals surface area contributed by atoms with Gasteiger partial charge in [-0.05, 0) is 37.7 Å². The Morgan fingerprint density at radius 1 is 1.21 bits per heavy atom. The second-order valence-electron chi connectivity index (χ2n) is 6.04. The average molecular weight is 349 g/mol. The fourth-order valence-electron chi connectivity index (χ4n) is 3.39. The molecule has 128 valence electrons. The highest BCUT2D eigenvalue weighted by Gasteiger charge is 2.35. The largest absolute Gasteiger partial charge is 0.481 e. The van der Waals surface area contributed by atoms with Crippen molar-refractivity contribution in [1.82, 2.24) is 0 Å². The summed E-state index contributed by atoms with van der Waals surface area (Å²) in [5.74, 6) is -3.14. The molecule has 0 radical (unpaired) electrons. The van der Waals surface area contributed by atoms with Crippen LogP contribution in [0.2, 0.25) is 0 Å². The normalized spacial score (nSPS) is 22.0. The molecule has 0 saturated carbocycles. The van der Waals surface area contributed by atoms with Crippen LogP contribution in [0.1, 0.15) is 40.1 Å². The Labute approximate surface area is 143 Å². The van der Waals surface area contributed by atoms with Crippen molar-refractivity contribution in [2.45, 2.75) is 32.1 Å². The summed E-state index contributed by atoms with van der Waals surface area (Å²) in [5.41, 5.74) is 1.39. The number of anilines is 1. The number of allylic oxidation sites excluding steroid dienone is 2. The molecule has 1 aromatic rings. The molecule has 2 aliphatic rings. The summed E-state index contributed by atoms with van der Waals surface area (Å²) in [6, 6.07) is 0. The summed E-state index contributed by atoms with van der Waals surface area (Å²) in [7, 11) is 1.32. The average Bonchev–Trinajstić information content (AvgIpc) is 3.14. The van der Waals surface area contributed by atoms with Crippen molar-refractivity contribution in [2.24, 2.45) is 11.8 Å². The second-order valence-corrected chi connectivity index (χ2v) is 7.14. The maximum atomic E-state index is 12.6. The smallest absolute Gasteiger partial charge is 0.341 e. The fraction of sp³-hybridized carbons (Fsp3) is 0.471. The number of esters is 1. The number of carboxylic acids is 1. The maximum Gasteiger partial charge on any atom is 0.341 e. The number of rotatable bonds is 4. The molecule has 0 bridgehead atoms. The Morgan fingerprint density at radius 3 is 2.58 bits per heavy atom. The molecule has 0 aliphatic heterocycles. The Hall–Kier alpha value is -2.15. The van der Waals surface area contributed by atoms with Gasteiger partial charge in [0.2, 0.25) is 5.91 Å². The number of nitrogens with one attached hydrogen (secondary N) is 1. The molecule has 2 N–H and O–H groups in total. The van der Waals surface area contributed by atoms with E-state index in [1.807, 2.05) is 6.08 Å². The van der Waals surface area contributed by atoms with Gasteiger partial charge in [0.25, 0.3) is 0 Å². The van der Waals surface area contributed by atoms with Crippen molar-refractivity contribution >= 4 is 34.2 Å². The predicted molar refractivity (Wildman–Crippen MR) is 89.3 cm³/mol. The van der Waals surface area contributed by atoms with Crippen LogP contribution < -0.4 is 5.32 Å². The summed E-state index contributed by atoms with van der Waals surface area (Å²) < 4.78 is 4.86. The summed E-state index contributed by atoms with van der Waals surface area (Å²) in [5, 5.41) is 12.6. The molecule has 0 aromatic carbocycles. The first-order valence-corrected chi connectivity index (χ1v) is 8.76. The number of aryl methyl sites for hydroxylation is 1. The van der Waals surface area contributed by atoms with Crippen molar-refractivity contribution in [3.8, 4) is 0 Å². The molecule has 0 fully saturated rings. The van der Waals surface area contributed by atoms with Gasteiger partial charge in [0.15, 0.2) is 0 Å². The fourth-order valence-corrected chi connectivity index (χ4v) is 4.67. The van der Waals surface area contributed by atoms with E-state index >= 15 is 0 Å². The Balaban J connectivity index is 1.86. The minimum Gasteiger partial charge on any atom is -0.481 e. The SMILES string of the molecule is COC(=O)c1c(NC(=O)[C@@H]2CC=CC[C@@H]2C(=O)O)sc2c1CCC2. The summed E-state index contributed by atoms with van der Waals surface area (Å²) in [4.78, 5) is 37.2. The number of carbonyl (C=O) groups is 3. The Morgan fingerprint density at radius 2 is 1.92 bits per heavy atom. The highest BCUT2D eigenvalue weighted by molar-refractivity contribution is 7.17. The molecule has 6 nitrogen and oxygen atoms in total. The van der Waals surface area contributed by atoms with Crippen LogP contribution in [0.3, 0.4) is 0 Å². The van der Waals surface area contributed by atoms with Gasteiger partial charge in [0.1, 0.15) is 5.00 Å². The van der Waals surface area contributed by atoms with Crippen molar-refractivity contribution in [3.63, 3.8) is 0 Å². The van der Waals surface area contributed by atoms with Gasteiger partial charge in [-0.3, -0.25) is 9.59 Å². The first kappa shape index (κ1) is 16.7. The van der Waals surface area contributed by atoms with E-state index in [4.69, 9.17) is 4.74 Å². The molecule has 1 heterocycles. The first-order valence-electron chi connectivity index (χ1n) is 7.94. The van der Waals surface area contributed by atoms with Crippen molar-refractivity contribution < 1.29 is 24.2 Å². The monoisotopic (exact) mass is 349 g/mol. The quantitative estimate of drug-likeness (QED) is 0.644. The number of hydrogen-bond acceptors (Lipinski definition) is 5. The molecule has 1 amide bonds. The van der Waals surface area contributed by atoms with E-state index in [1.54, 1.807) is 6.08 Å². The van der Waals surface area contributed by atoms with Crippen LogP contribution in [0, 0.1) is 11.8 Å². The van der Waals surface area contributed by atoms with E-state index in [-0.39, 0.29) is 5.91 Å². The van der Waals surface area contributed by atoms with Gasteiger partial charge in [-0.15, -0.1) is 11.3 Å². The van der Waals surface area contributed by atoms with E-state index in [1.165, 1.54) is 18.4 Å². The van der Waals surface area contributed by atoms with Crippen LogP contribution in [0.15, 0.2) is 12.2 Å². The van der Waals surface area contributed by atoms with E-state index < -0.39 is 23.8 Å². The van der Waals surface area contributed by atoms with E-state index in [0.717, 1.165) is 29.7 Å². The van der Waals surface area contributed by atoms with Crippen LogP contribution in [-0.2, 0) is 27.2 Å². The topological polar surface area (TPSA) is 92.7 Å². The molecule has 0 unspecified atom stereocenters. The van der Waals surface area contributed by atoms with Gasteiger partial charge in [-0.2, -0.15) is 0 Å². The molecule has 0 saturated heterocycles. The summed E-state index contributed by atoms with van der Waals surface area (Å²) in [6.07, 6.45) is 7.05. The first-order chi connectivity index (χ1) is 11.5. The lowest BCUT2D eigenvalue weighted by molar-refractivity contribution is -0.146. The molecule has 3 rings (SSSR count). The van der Waals surface area contributed by atoms with Crippen molar-refractivity contribution in [3.05, 3.63) is 28.2 Å². The minimum absolute atomic E-state index is 0.345. The number of amides is 1. The number of hydrogen-bond donors (Lipinski definition) is 2. The third-order valence-corrected chi connectivity index (χ3v) is 5.84.